The molecular weight excluding hydrogens is 329 g/mol. The van der Waals surface area contributed by atoms with Crippen molar-refractivity contribution in [2.24, 2.45) is 0 Å². The second kappa shape index (κ2) is 6.37. The second-order valence-electron chi connectivity index (χ2n) is 4.50. The molecule has 0 amide bonds. The maximum absolute atomic E-state index is 13.7. The van der Waals surface area contributed by atoms with Gasteiger partial charge in [0.2, 0.25) is 0 Å². The van der Waals surface area contributed by atoms with E-state index < -0.39 is 26.3 Å². The number of nitrogens with zero attached hydrogens (tertiary/aromatic N) is 1. The molecule has 0 saturated heterocycles. The van der Waals surface area contributed by atoms with Crippen molar-refractivity contribution in [2.45, 2.75) is 4.90 Å². The molecule has 0 radical (unpaired) electrons. The van der Waals surface area contributed by atoms with Crippen LogP contribution >= 0.6 is 11.6 Å². The summed E-state index contributed by atoms with van der Waals surface area (Å²) in [5.74, 6) is -1.43. The van der Waals surface area contributed by atoms with Crippen LogP contribution in [0.2, 0.25) is 5.15 Å². The molecule has 0 spiro atoms. The summed E-state index contributed by atoms with van der Waals surface area (Å²) in [6.07, 6.45) is 5.09. The van der Waals surface area contributed by atoms with Gasteiger partial charge in [-0.05, 0) is 36.4 Å². The molecular formula is C15H11ClFNO3S. The fraction of sp³-hybridized carbons (Fsp3) is 0.0667. The van der Waals surface area contributed by atoms with E-state index >= 15 is 0 Å². The van der Waals surface area contributed by atoms with Crippen LogP contribution in [0.25, 0.3) is 6.08 Å². The SMILES string of the molecule is CS(=O)(=O)c1ccc(C(=O)/C=C/c2cccnc2Cl)cc1F. The van der Waals surface area contributed by atoms with E-state index in [2.05, 4.69) is 4.98 Å². The lowest BCUT2D eigenvalue weighted by Crippen LogP contribution is -2.03. The summed E-state index contributed by atoms with van der Waals surface area (Å²) in [6, 6.07) is 6.57. The van der Waals surface area contributed by atoms with Gasteiger partial charge in [0, 0.05) is 23.6 Å². The van der Waals surface area contributed by atoms with Gasteiger partial charge in [0.25, 0.3) is 0 Å². The first-order chi connectivity index (χ1) is 10.3. The van der Waals surface area contributed by atoms with Gasteiger partial charge in [0.15, 0.2) is 15.6 Å². The highest BCUT2D eigenvalue weighted by Gasteiger charge is 2.15. The van der Waals surface area contributed by atoms with Gasteiger partial charge in [0.1, 0.15) is 15.9 Å². The lowest BCUT2D eigenvalue weighted by Gasteiger charge is -2.02. The fourth-order valence-corrected chi connectivity index (χ4v) is 2.65. The zero-order valence-corrected chi connectivity index (χ0v) is 13.0. The first-order valence-corrected chi connectivity index (χ1v) is 8.38. The molecule has 1 aromatic carbocycles. The molecule has 0 atom stereocenters. The standard InChI is InChI=1S/C15H11ClFNO3S/c1-22(20,21)14-7-5-11(9-12(14)17)13(19)6-4-10-3-2-8-18-15(10)16/h2-9H,1H3/b6-4+. The number of aromatic nitrogens is 1. The number of carbonyl (C=O) groups is 1. The Morgan fingerprint density at radius 1 is 1.32 bits per heavy atom. The van der Waals surface area contributed by atoms with E-state index in [-0.39, 0.29) is 10.7 Å². The van der Waals surface area contributed by atoms with Crippen LogP contribution in [0.5, 0.6) is 0 Å². The molecule has 0 saturated carbocycles. The normalized spacial score (nSPS) is 11.8. The minimum atomic E-state index is -3.67. The third-order valence-electron chi connectivity index (χ3n) is 2.82. The van der Waals surface area contributed by atoms with Crippen LogP contribution in [0.3, 0.4) is 0 Å². The zero-order chi connectivity index (χ0) is 16.3. The Kier molecular flexibility index (Phi) is 4.73. The molecule has 2 aromatic rings. The number of benzene rings is 1. The van der Waals surface area contributed by atoms with Gasteiger partial charge in [-0.25, -0.2) is 17.8 Å². The Balaban J connectivity index is 2.28. The average Bonchev–Trinajstić information content (AvgIpc) is 2.44. The number of allylic oxidation sites excluding steroid dienone is 1. The Bertz CT molecular complexity index is 863. The number of carbonyl (C=O) groups excluding carboxylic acids is 1. The van der Waals surface area contributed by atoms with Gasteiger partial charge >= 0.3 is 0 Å². The molecule has 7 heteroatoms. The Morgan fingerprint density at radius 2 is 2.05 bits per heavy atom. The third-order valence-corrected chi connectivity index (χ3v) is 4.26. The molecule has 0 aliphatic carbocycles. The smallest absolute Gasteiger partial charge is 0.185 e. The van der Waals surface area contributed by atoms with E-state index in [9.17, 15) is 17.6 Å². The number of sulfone groups is 1. The van der Waals surface area contributed by atoms with Crippen molar-refractivity contribution in [3.05, 3.63) is 64.7 Å². The third kappa shape index (κ3) is 3.78. The second-order valence-corrected chi connectivity index (χ2v) is 6.84. The molecule has 0 aliphatic rings. The minimum Gasteiger partial charge on any atom is -0.289 e. The molecule has 0 fully saturated rings. The summed E-state index contributed by atoms with van der Waals surface area (Å²) < 4.78 is 36.4. The maximum Gasteiger partial charge on any atom is 0.185 e. The van der Waals surface area contributed by atoms with E-state index in [4.69, 9.17) is 11.6 Å². The van der Waals surface area contributed by atoms with Gasteiger partial charge in [-0.2, -0.15) is 0 Å². The summed E-state index contributed by atoms with van der Waals surface area (Å²) in [6.45, 7) is 0. The lowest BCUT2D eigenvalue weighted by molar-refractivity contribution is 0.104. The van der Waals surface area contributed by atoms with E-state index in [1.54, 1.807) is 12.1 Å². The Morgan fingerprint density at radius 3 is 2.64 bits per heavy atom. The van der Waals surface area contributed by atoms with E-state index in [0.717, 1.165) is 18.4 Å². The first-order valence-electron chi connectivity index (χ1n) is 6.11. The number of halogens is 2. The van der Waals surface area contributed by atoms with Crippen molar-refractivity contribution in [3.63, 3.8) is 0 Å². The average molecular weight is 340 g/mol. The molecule has 2 rings (SSSR count). The van der Waals surface area contributed by atoms with Gasteiger partial charge in [-0.1, -0.05) is 17.7 Å². The van der Waals surface area contributed by atoms with Crippen LogP contribution in [0.1, 0.15) is 15.9 Å². The number of hydrogen-bond acceptors (Lipinski definition) is 4. The van der Waals surface area contributed by atoms with Crippen LogP contribution in [0.4, 0.5) is 4.39 Å². The summed E-state index contributed by atoms with van der Waals surface area (Å²) in [4.78, 5) is 15.4. The highest BCUT2D eigenvalue weighted by molar-refractivity contribution is 7.90. The number of hydrogen-bond donors (Lipinski definition) is 0. The van der Waals surface area contributed by atoms with Crippen molar-refractivity contribution >= 4 is 33.3 Å². The molecule has 1 heterocycles. The monoisotopic (exact) mass is 339 g/mol. The van der Waals surface area contributed by atoms with E-state index in [1.165, 1.54) is 24.4 Å². The fourth-order valence-electron chi connectivity index (χ4n) is 1.74. The molecule has 0 bridgehead atoms. The number of rotatable bonds is 4. The van der Waals surface area contributed by atoms with E-state index in [0.29, 0.717) is 5.56 Å². The molecule has 22 heavy (non-hydrogen) atoms. The zero-order valence-electron chi connectivity index (χ0n) is 11.5. The van der Waals surface area contributed by atoms with Crippen LogP contribution in [-0.2, 0) is 9.84 Å². The van der Waals surface area contributed by atoms with Crippen molar-refractivity contribution in [1.82, 2.24) is 4.98 Å². The van der Waals surface area contributed by atoms with Gasteiger partial charge in [-0.3, -0.25) is 4.79 Å². The predicted octanol–water partition coefficient (Wildman–Crippen LogP) is 3.17. The molecule has 1 aromatic heterocycles. The van der Waals surface area contributed by atoms with Gasteiger partial charge in [0.05, 0.1) is 0 Å². The Labute approximate surface area is 132 Å². The predicted molar refractivity (Wildman–Crippen MR) is 82.1 cm³/mol. The summed E-state index contributed by atoms with van der Waals surface area (Å²) in [5.41, 5.74) is 0.590. The Hall–Kier alpha value is -2.05. The van der Waals surface area contributed by atoms with Crippen molar-refractivity contribution < 1.29 is 17.6 Å². The first kappa shape index (κ1) is 16.3. The quantitative estimate of drug-likeness (QED) is 0.487. The van der Waals surface area contributed by atoms with Gasteiger partial charge < -0.3 is 0 Å². The molecule has 0 N–H and O–H groups in total. The van der Waals surface area contributed by atoms with Crippen molar-refractivity contribution in [2.75, 3.05) is 6.26 Å². The summed E-state index contributed by atoms with van der Waals surface area (Å²) in [5, 5.41) is 0.241. The molecule has 114 valence electrons. The number of pyridine rings is 1. The molecule has 4 nitrogen and oxygen atoms in total. The van der Waals surface area contributed by atoms with Gasteiger partial charge in [-0.15, -0.1) is 0 Å². The van der Waals surface area contributed by atoms with Crippen molar-refractivity contribution in [3.8, 4) is 0 Å². The highest BCUT2D eigenvalue weighted by atomic mass is 35.5. The van der Waals surface area contributed by atoms with Crippen LogP contribution < -0.4 is 0 Å². The molecule has 0 aliphatic heterocycles. The van der Waals surface area contributed by atoms with Crippen LogP contribution in [-0.4, -0.2) is 25.4 Å². The summed E-state index contributed by atoms with van der Waals surface area (Å²) >= 11 is 5.85. The summed E-state index contributed by atoms with van der Waals surface area (Å²) in [7, 11) is -3.67. The minimum absolute atomic E-state index is 0.0427. The number of ketones is 1. The highest BCUT2D eigenvalue weighted by Crippen LogP contribution is 2.18. The largest absolute Gasteiger partial charge is 0.289 e. The lowest BCUT2D eigenvalue weighted by atomic mass is 10.1. The van der Waals surface area contributed by atoms with E-state index in [1.807, 2.05) is 0 Å². The maximum atomic E-state index is 13.7. The van der Waals surface area contributed by atoms with Crippen LogP contribution in [0.15, 0.2) is 47.5 Å². The van der Waals surface area contributed by atoms with Crippen molar-refractivity contribution in [1.29, 1.82) is 0 Å². The molecule has 0 unspecified atom stereocenters. The van der Waals surface area contributed by atoms with Crippen LogP contribution in [0, 0.1) is 5.82 Å². The topological polar surface area (TPSA) is 64.1 Å².